The minimum absolute atomic E-state index is 0.672. The summed E-state index contributed by atoms with van der Waals surface area (Å²) in [6.45, 7) is 7.98. The summed E-state index contributed by atoms with van der Waals surface area (Å²) in [5, 5.41) is 17.3. The van der Waals surface area contributed by atoms with E-state index in [9.17, 15) is 5.26 Å². The third-order valence-corrected chi connectivity index (χ3v) is 3.55. The lowest BCUT2D eigenvalue weighted by Gasteiger charge is -2.10. The Morgan fingerprint density at radius 2 is 2.00 bits per heavy atom. The molecule has 0 atom stereocenters. The topological polar surface area (TPSA) is 53.6 Å². The molecular weight excluding hydrogens is 260 g/mol. The van der Waals surface area contributed by atoms with Gasteiger partial charge in [0, 0.05) is 12.2 Å². The second kappa shape index (κ2) is 7.05. The predicted octanol–water partition coefficient (Wildman–Crippen LogP) is 2.98. The van der Waals surface area contributed by atoms with Gasteiger partial charge in [-0.1, -0.05) is 26.8 Å². The first-order chi connectivity index (χ1) is 10.2. The highest BCUT2D eigenvalue weighted by Crippen LogP contribution is 2.19. The monoisotopic (exact) mass is 282 g/mol. The van der Waals surface area contributed by atoms with Gasteiger partial charge in [-0.2, -0.15) is 10.4 Å². The Kier molecular flexibility index (Phi) is 5.13. The van der Waals surface area contributed by atoms with Crippen molar-refractivity contribution in [1.82, 2.24) is 15.1 Å². The maximum absolute atomic E-state index is 9.45. The van der Waals surface area contributed by atoms with Crippen LogP contribution in [0.3, 0.4) is 0 Å². The molecule has 0 amide bonds. The molecule has 1 aromatic carbocycles. The van der Waals surface area contributed by atoms with Crippen LogP contribution in [0.25, 0.3) is 5.69 Å². The lowest BCUT2D eigenvalue weighted by molar-refractivity contribution is 0.725. The number of hydrogen-bond donors (Lipinski definition) is 1. The van der Waals surface area contributed by atoms with E-state index in [1.54, 1.807) is 0 Å². The minimum atomic E-state index is 0.672. The summed E-state index contributed by atoms with van der Waals surface area (Å²) < 4.78 is 1.91. The Balaban J connectivity index is 2.44. The Morgan fingerprint density at radius 3 is 2.62 bits per heavy atom. The molecule has 2 rings (SSSR count). The summed E-state index contributed by atoms with van der Waals surface area (Å²) in [4.78, 5) is 0. The molecule has 0 aliphatic carbocycles. The molecule has 1 N–H and O–H groups in total. The molecular formula is C17H22N4. The van der Waals surface area contributed by atoms with Gasteiger partial charge >= 0.3 is 0 Å². The van der Waals surface area contributed by atoms with E-state index in [4.69, 9.17) is 0 Å². The zero-order valence-electron chi connectivity index (χ0n) is 13.0. The van der Waals surface area contributed by atoms with Crippen molar-refractivity contribution in [3.63, 3.8) is 0 Å². The molecule has 4 heteroatoms. The molecule has 0 unspecified atom stereocenters. The number of rotatable bonds is 6. The van der Waals surface area contributed by atoms with Crippen molar-refractivity contribution < 1.29 is 0 Å². The summed E-state index contributed by atoms with van der Waals surface area (Å²) in [5.41, 5.74) is 4.87. The van der Waals surface area contributed by atoms with Gasteiger partial charge in [0.25, 0.3) is 0 Å². The van der Waals surface area contributed by atoms with Crippen molar-refractivity contribution in [3.8, 4) is 11.8 Å². The van der Waals surface area contributed by atoms with Gasteiger partial charge in [-0.15, -0.1) is 0 Å². The molecule has 1 aromatic heterocycles. The summed E-state index contributed by atoms with van der Waals surface area (Å²) in [6.07, 6.45) is 1.80. The van der Waals surface area contributed by atoms with Gasteiger partial charge < -0.3 is 5.32 Å². The van der Waals surface area contributed by atoms with Gasteiger partial charge in [0.1, 0.15) is 6.07 Å². The molecule has 4 nitrogen and oxygen atoms in total. The molecule has 0 spiro atoms. The van der Waals surface area contributed by atoms with E-state index in [1.165, 1.54) is 0 Å². The van der Waals surface area contributed by atoms with E-state index in [1.807, 2.05) is 16.8 Å². The molecule has 110 valence electrons. The number of nitriles is 1. The van der Waals surface area contributed by atoms with Gasteiger partial charge in [-0.3, -0.25) is 0 Å². The van der Waals surface area contributed by atoms with E-state index >= 15 is 0 Å². The average molecular weight is 282 g/mol. The largest absolute Gasteiger partial charge is 0.313 e. The molecule has 0 aliphatic heterocycles. The highest BCUT2D eigenvalue weighted by Gasteiger charge is 2.11. The predicted molar refractivity (Wildman–Crippen MR) is 84.4 cm³/mol. The standard InChI is InChI=1S/C17H22N4/c1-4-15-10-16(5-2)21(20-15)17-8-7-13(12-19-6-3)9-14(17)11-18/h7-10,19H,4-6,12H2,1-3H3. The van der Waals surface area contributed by atoms with Gasteiger partial charge in [-0.05, 0) is 43.1 Å². The van der Waals surface area contributed by atoms with Crippen molar-refractivity contribution in [2.75, 3.05) is 6.54 Å². The van der Waals surface area contributed by atoms with Crippen LogP contribution in [-0.2, 0) is 19.4 Å². The van der Waals surface area contributed by atoms with Crippen molar-refractivity contribution >= 4 is 0 Å². The third kappa shape index (κ3) is 3.32. The number of hydrogen-bond acceptors (Lipinski definition) is 3. The zero-order chi connectivity index (χ0) is 15.2. The van der Waals surface area contributed by atoms with Gasteiger partial charge in [-0.25, -0.2) is 4.68 Å². The van der Waals surface area contributed by atoms with Crippen LogP contribution in [0.1, 0.15) is 43.3 Å². The molecule has 0 fully saturated rings. The number of benzene rings is 1. The second-order valence-electron chi connectivity index (χ2n) is 4.99. The lowest BCUT2D eigenvalue weighted by atomic mass is 10.1. The van der Waals surface area contributed by atoms with Crippen LogP contribution in [0.2, 0.25) is 0 Å². The SMILES string of the molecule is CCNCc1ccc(-n2nc(CC)cc2CC)c(C#N)c1. The van der Waals surface area contributed by atoms with Crippen LogP contribution in [0.5, 0.6) is 0 Å². The highest BCUT2D eigenvalue weighted by molar-refractivity contribution is 5.51. The fourth-order valence-electron chi connectivity index (χ4n) is 2.34. The summed E-state index contributed by atoms with van der Waals surface area (Å²) >= 11 is 0. The van der Waals surface area contributed by atoms with Crippen LogP contribution < -0.4 is 5.32 Å². The molecule has 1 heterocycles. The van der Waals surface area contributed by atoms with Crippen LogP contribution in [0.15, 0.2) is 24.3 Å². The summed E-state index contributed by atoms with van der Waals surface area (Å²) in [6, 6.07) is 10.4. The quantitative estimate of drug-likeness (QED) is 0.886. The molecule has 0 saturated carbocycles. The second-order valence-corrected chi connectivity index (χ2v) is 4.99. The van der Waals surface area contributed by atoms with Crippen molar-refractivity contribution in [2.24, 2.45) is 0 Å². The van der Waals surface area contributed by atoms with Crippen molar-refractivity contribution in [2.45, 2.75) is 40.2 Å². The number of aromatic nitrogens is 2. The normalized spacial score (nSPS) is 10.6. The van der Waals surface area contributed by atoms with E-state index in [0.29, 0.717) is 5.56 Å². The van der Waals surface area contributed by atoms with E-state index in [2.05, 4.69) is 49.4 Å². The molecule has 0 aliphatic rings. The van der Waals surface area contributed by atoms with Crippen molar-refractivity contribution in [3.05, 3.63) is 46.8 Å². The smallest absolute Gasteiger partial charge is 0.101 e. The Bertz CT molecular complexity index is 649. The average Bonchev–Trinajstić information content (AvgIpc) is 2.95. The Morgan fingerprint density at radius 1 is 1.19 bits per heavy atom. The van der Waals surface area contributed by atoms with Crippen molar-refractivity contribution in [1.29, 1.82) is 5.26 Å². The molecule has 0 radical (unpaired) electrons. The van der Waals surface area contributed by atoms with Gasteiger partial charge in [0.15, 0.2) is 0 Å². The first kappa shape index (κ1) is 15.3. The van der Waals surface area contributed by atoms with E-state index in [0.717, 1.165) is 48.6 Å². The van der Waals surface area contributed by atoms with E-state index in [-0.39, 0.29) is 0 Å². The summed E-state index contributed by atoms with van der Waals surface area (Å²) in [5.74, 6) is 0. The first-order valence-electron chi connectivity index (χ1n) is 7.55. The van der Waals surface area contributed by atoms with Crippen LogP contribution in [-0.4, -0.2) is 16.3 Å². The van der Waals surface area contributed by atoms with Gasteiger partial charge in [0.05, 0.1) is 16.9 Å². The summed E-state index contributed by atoms with van der Waals surface area (Å²) in [7, 11) is 0. The van der Waals surface area contributed by atoms with E-state index < -0.39 is 0 Å². The number of nitrogens with one attached hydrogen (secondary N) is 1. The fraction of sp³-hybridized carbons (Fsp3) is 0.412. The van der Waals surface area contributed by atoms with Crippen LogP contribution in [0.4, 0.5) is 0 Å². The Hall–Kier alpha value is -2.12. The molecule has 2 aromatic rings. The minimum Gasteiger partial charge on any atom is -0.313 e. The maximum atomic E-state index is 9.45. The molecule has 21 heavy (non-hydrogen) atoms. The fourth-order valence-corrected chi connectivity index (χ4v) is 2.34. The Labute approximate surface area is 126 Å². The third-order valence-electron chi connectivity index (χ3n) is 3.55. The number of nitrogens with zero attached hydrogens (tertiary/aromatic N) is 3. The number of aryl methyl sites for hydroxylation is 2. The van der Waals surface area contributed by atoms with Gasteiger partial charge in [0.2, 0.25) is 0 Å². The zero-order valence-corrected chi connectivity index (χ0v) is 13.0. The highest BCUT2D eigenvalue weighted by atomic mass is 15.3. The lowest BCUT2D eigenvalue weighted by Crippen LogP contribution is -2.12. The van der Waals surface area contributed by atoms with Crippen LogP contribution >= 0.6 is 0 Å². The van der Waals surface area contributed by atoms with Crippen LogP contribution in [0, 0.1) is 11.3 Å². The molecule has 0 saturated heterocycles. The molecule has 0 bridgehead atoms. The first-order valence-corrected chi connectivity index (χ1v) is 7.55. The maximum Gasteiger partial charge on any atom is 0.101 e.